The smallest absolute Gasteiger partial charge is 0.340 e. The number of ether oxygens (including phenoxy) is 3. The number of benzene rings is 2. The number of aliphatic carboxylic acids is 1. The van der Waals surface area contributed by atoms with E-state index in [4.69, 9.17) is 19.3 Å². The molecule has 8 nitrogen and oxygen atoms in total. The molecule has 0 amide bonds. The zero-order valence-electron chi connectivity index (χ0n) is 17.6. The van der Waals surface area contributed by atoms with E-state index in [0.29, 0.717) is 36.8 Å². The number of carboxylic acids is 1. The van der Waals surface area contributed by atoms with E-state index in [1.807, 2.05) is 0 Å². The maximum absolute atomic E-state index is 12.5. The van der Waals surface area contributed by atoms with Crippen LogP contribution >= 0.6 is 0 Å². The largest absolute Gasteiger partial charge is 0.481 e. The average molecular weight is 442 g/mol. The second-order valence-corrected chi connectivity index (χ2v) is 7.03. The zero-order chi connectivity index (χ0) is 23.2. The average Bonchev–Trinajstić information content (AvgIpc) is 2.81. The van der Waals surface area contributed by atoms with E-state index in [9.17, 15) is 19.2 Å². The van der Waals surface area contributed by atoms with Gasteiger partial charge in [0.15, 0.2) is 0 Å². The molecule has 2 aromatic rings. The molecule has 2 rings (SSSR count). The van der Waals surface area contributed by atoms with Gasteiger partial charge in [0, 0.05) is 6.42 Å². The summed E-state index contributed by atoms with van der Waals surface area (Å²) in [5.41, 5.74) is 0.688. The van der Waals surface area contributed by atoms with Gasteiger partial charge >= 0.3 is 23.9 Å². The van der Waals surface area contributed by atoms with Crippen LogP contribution in [0.15, 0.2) is 60.7 Å². The molecule has 0 bridgehead atoms. The van der Waals surface area contributed by atoms with Gasteiger partial charge in [-0.2, -0.15) is 0 Å². The lowest BCUT2D eigenvalue weighted by Crippen LogP contribution is -2.26. The molecule has 0 radical (unpaired) electrons. The highest BCUT2D eigenvalue weighted by molar-refractivity contribution is 5.90. The van der Waals surface area contributed by atoms with Crippen molar-refractivity contribution < 1.29 is 38.5 Å². The van der Waals surface area contributed by atoms with Gasteiger partial charge in [-0.15, -0.1) is 0 Å². The third-order valence-electron chi connectivity index (χ3n) is 4.60. The summed E-state index contributed by atoms with van der Waals surface area (Å²) in [5, 5.41) is 8.72. The second kappa shape index (κ2) is 13.6. The van der Waals surface area contributed by atoms with Gasteiger partial charge in [0.25, 0.3) is 0 Å². The third kappa shape index (κ3) is 8.99. The number of unbranched alkanes of at least 4 members (excludes halogenated alkanes) is 2. The summed E-state index contributed by atoms with van der Waals surface area (Å²) in [6.07, 6.45) is 2.03. The van der Waals surface area contributed by atoms with E-state index in [0.717, 1.165) is 0 Å². The zero-order valence-corrected chi connectivity index (χ0v) is 17.6. The van der Waals surface area contributed by atoms with E-state index >= 15 is 0 Å². The van der Waals surface area contributed by atoms with Crippen LogP contribution in [0.3, 0.4) is 0 Å². The van der Waals surface area contributed by atoms with Crippen molar-refractivity contribution in [3.8, 4) is 0 Å². The minimum absolute atomic E-state index is 0.0492. The highest BCUT2D eigenvalue weighted by Crippen LogP contribution is 2.15. The molecule has 2 aromatic carbocycles. The number of rotatable bonds is 13. The van der Waals surface area contributed by atoms with Crippen molar-refractivity contribution in [2.24, 2.45) is 5.92 Å². The molecule has 1 unspecified atom stereocenters. The van der Waals surface area contributed by atoms with Crippen molar-refractivity contribution in [2.75, 3.05) is 13.4 Å². The molecule has 0 aliphatic carbocycles. The Morgan fingerprint density at radius 2 is 1.28 bits per heavy atom. The number of esters is 3. The molecular weight excluding hydrogens is 416 g/mol. The molecule has 0 saturated heterocycles. The van der Waals surface area contributed by atoms with E-state index in [1.54, 1.807) is 60.7 Å². The Labute approximate surface area is 186 Å². The van der Waals surface area contributed by atoms with Crippen LogP contribution in [0.2, 0.25) is 0 Å². The first kappa shape index (κ1) is 24.6. The molecular formula is C24H26O8. The molecule has 8 heteroatoms. The van der Waals surface area contributed by atoms with Crippen molar-refractivity contribution in [2.45, 2.75) is 32.1 Å². The molecule has 1 atom stereocenters. The summed E-state index contributed by atoms with van der Waals surface area (Å²) >= 11 is 0. The third-order valence-corrected chi connectivity index (χ3v) is 4.60. The van der Waals surface area contributed by atoms with Crippen molar-refractivity contribution in [1.29, 1.82) is 0 Å². The fourth-order valence-electron chi connectivity index (χ4n) is 2.86. The van der Waals surface area contributed by atoms with Gasteiger partial charge in [0.2, 0.25) is 6.79 Å². The number of hydrogen-bond acceptors (Lipinski definition) is 7. The van der Waals surface area contributed by atoms with Gasteiger partial charge in [0.1, 0.15) is 6.61 Å². The summed E-state index contributed by atoms with van der Waals surface area (Å²) in [7, 11) is 0. The molecule has 0 aliphatic heterocycles. The van der Waals surface area contributed by atoms with E-state index in [1.165, 1.54) is 0 Å². The van der Waals surface area contributed by atoms with Gasteiger partial charge in [0.05, 0.1) is 17.0 Å². The standard InChI is InChI=1S/C24H26O8/c25-21(26)15-9-3-8-14-20(16-30-22(27)18-10-4-1-5-11-18)24(29)32-17-31-23(28)19-12-6-2-7-13-19/h1-2,4-7,10-13,20H,3,8-9,14-17H2,(H,25,26). The van der Waals surface area contributed by atoms with Crippen LogP contribution in [0, 0.1) is 5.92 Å². The van der Waals surface area contributed by atoms with Crippen molar-refractivity contribution >= 4 is 23.9 Å². The first-order chi connectivity index (χ1) is 15.5. The highest BCUT2D eigenvalue weighted by Gasteiger charge is 2.23. The normalized spacial score (nSPS) is 11.2. The number of hydrogen-bond donors (Lipinski definition) is 1. The van der Waals surface area contributed by atoms with Crippen LogP contribution in [-0.4, -0.2) is 42.4 Å². The highest BCUT2D eigenvalue weighted by atomic mass is 16.7. The topological polar surface area (TPSA) is 116 Å². The lowest BCUT2D eigenvalue weighted by atomic mass is 10.0. The van der Waals surface area contributed by atoms with Crippen LogP contribution < -0.4 is 0 Å². The summed E-state index contributed by atoms with van der Waals surface area (Å²) in [4.78, 5) is 47.2. The van der Waals surface area contributed by atoms with Gasteiger partial charge in [-0.1, -0.05) is 49.2 Å². The second-order valence-electron chi connectivity index (χ2n) is 7.03. The van der Waals surface area contributed by atoms with E-state index < -0.39 is 36.6 Å². The van der Waals surface area contributed by atoms with Crippen LogP contribution in [0.25, 0.3) is 0 Å². The maximum Gasteiger partial charge on any atom is 0.340 e. The van der Waals surface area contributed by atoms with Crippen LogP contribution in [-0.2, 0) is 23.8 Å². The van der Waals surface area contributed by atoms with E-state index in [2.05, 4.69) is 0 Å². The SMILES string of the molecule is O=C(O)CCCCCC(COC(=O)c1ccccc1)C(=O)OCOC(=O)c1ccccc1. The first-order valence-electron chi connectivity index (χ1n) is 10.3. The monoisotopic (exact) mass is 442 g/mol. The quantitative estimate of drug-likeness (QED) is 0.282. The molecule has 1 N–H and O–H groups in total. The lowest BCUT2D eigenvalue weighted by molar-refractivity contribution is -0.159. The Bertz CT molecular complexity index is 879. The van der Waals surface area contributed by atoms with Gasteiger partial charge in [-0.3, -0.25) is 9.59 Å². The number of carbonyl (C=O) groups is 4. The van der Waals surface area contributed by atoms with Crippen LogP contribution in [0.4, 0.5) is 0 Å². The predicted octanol–water partition coefficient (Wildman–Crippen LogP) is 3.85. The van der Waals surface area contributed by atoms with E-state index in [-0.39, 0.29) is 13.0 Å². The Morgan fingerprint density at radius 3 is 1.84 bits per heavy atom. The molecule has 32 heavy (non-hydrogen) atoms. The summed E-state index contributed by atoms with van der Waals surface area (Å²) in [6, 6.07) is 16.7. The number of carboxylic acid groups (broad SMARTS) is 1. The lowest BCUT2D eigenvalue weighted by Gasteiger charge is -2.16. The molecule has 0 fully saturated rings. The Kier molecular flexibility index (Phi) is 10.4. The Hall–Kier alpha value is -3.68. The van der Waals surface area contributed by atoms with Crippen molar-refractivity contribution in [3.05, 3.63) is 71.8 Å². The summed E-state index contributed by atoms with van der Waals surface area (Å²) in [6.45, 7) is -0.757. The molecule has 0 saturated carbocycles. The van der Waals surface area contributed by atoms with Crippen LogP contribution in [0.1, 0.15) is 52.8 Å². The first-order valence-corrected chi connectivity index (χ1v) is 10.3. The fraction of sp³-hybridized carbons (Fsp3) is 0.333. The predicted molar refractivity (Wildman–Crippen MR) is 114 cm³/mol. The fourth-order valence-corrected chi connectivity index (χ4v) is 2.86. The van der Waals surface area contributed by atoms with Crippen molar-refractivity contribution in [1.82, 2.24) is 0 Å². The summed E-state index contributed by atoms with van der Waals surface area (Å²) in [5.74, 6) is -3.49. The summed E-state index contributed by atoms with van der Waals surface area (Å²) < 4.78 is 15.3. The molecule has 170 valence electrons. The molecule has 0 aliphatic rings. The van der Waals surface area contributed by atoms with Gasteiger partial charge < -0.3 is 19.3 Å². The maximum atomic E-state index is 12.5. The number of carbonyl (C=O) groups excluding carboxylic acids is 3. The van der Waals surface area contributed by atoms with Crippen LogP contribution in [0.5, 0.6) is 0 Å². The van der Waals surface area contributed by atoms with Gasteiger partial charge in [-0.05, 0) is 37.1 Å². The molecule has 0 heterocycles. The molecule has 0 spiro atoms. The van der Waals surface area contributed by atoms with Gasteiger partial charge in [-0.25, -0.2) is 9.59 Å². The molecule has 0 aromatic heterocycles. The van der Waals surface area contributed by atoms with Crippen molar-refractivity contribution in [3.63, 3.8) is 0 Å². The Morgan fingerprint density at radius 1 is 0.719 bits per heavy atom. The minimum Gasteiger partial charge on any atom is -0.481 e. The Balaban J connectivity index is 1.85. The minimum atomic E-state index is -0.877.